The van der Waals surface area contributed by atoms with Gasteiger partial charge >= 0.3 is 0 Å². The van der Waals surface area contributed by atoms with E-state index in [1.165, 1.54) is 12.1 Å². The summed E-state index contributed by atoms with van der Waals surface area (Å²) in [6.07, 6.45) is 0.862. The van der Waals surface area contributed by atoms with E-state index >= 15 is 0 Å². The van der Waals surface area contributed by atoms with E-state index in [1.807, 2.05) is 0 Å². The quantitative estimate of drug-likeness (QED) is 0.611. The Bertz CT molecular complexity index is 848. The first kappa shape index (κ1) is 19.1. The van der Waals surface area contributed by atoms with E-state index in [4.69, 9.17) is 46.4 Å². The van der Waals surface area contributed by atoms with Gasteiger partial charge < -0.3 is 0 Å². The number of sulfone groups is 1. The fourth-order valence-corrected chi connectivity index (χ4v) is 4.92. The maximum absolute atomic E-state index is 12.7. The van der Waals surface area contributed by atoms with Crippen molar-refractivity contribution in [2.45, 2.75) is 15.9 Å². The van der Waals surface area contributed by atoms with Crippen LogP contribution >= 0.6 is 58.2 Å². The molecule has 0 atom stereocenters. The Kier molecular flexibility index (Phi) is 5.75. The summed E-state index contributed by atoms with van der Waals surface area (Å²) in [4.78, 5) is 3.68. The summed E-state index contributed by atoms with van der Waals surface area (Å²) in [6, 6.07) is 2.59. The lowest BCUT2D eigenvalue weighted by molar-refractivity contribution is 0.251. The number of benzene rings is 1. The molecule has 0 amide bonds. The molecule has 0 bridgehead atoms. The van der Waals surface area contributed by atoms with Crippen molar-refractivity contribution in [1.29, 1.82) is 0 Å². The zero-order valence-corrected chi connectivity index (χ0v) is 15.7. The van der Waals surface area contributed by atoms with Crippen LogP contribution in [0.25, 0.3) is 5.69 Å². The minimum Gasteiger partial charge on any atom is -0.274 e. The third-order valence-corrected chi connectivity index (χ3v) is 5.43. The number of halogens is 6. The zero-order chi connectivity index (χ0) is 17.5. The van der Waals surface area contributed by atoms with Gasteiger partial charge in [-0.15, -0.1) is 0 Å². The van der Waals surface area contributed by atoms with Gasteiger partial charge in [0.15, 0.2) is 25.2 Å². The molecule has 2 aromatic rings. The van der Waals surface area contributed by atoms with Crippen LogP contribution < -0.4 is 0 Å². The normalized spacial score (nSPS) is 12.2. The molecular weight excluding hydrogens is 436 g/mol. The van der Waals surface area contributed by atoms with Crippen molar-refractivity contribution in [2.75, 3.05) is 6.26 Å². The van der Waals surface area contributed by atoms with E-state index in [-0.39, 0.29) is 37.7 Å². The maximum atomic E-state index is 12.7. The van der Waals surface area contributed by atoms with Crippen molar-refractivity contribution in [3.05, 3.63) is 32.4 Å². The Hall–Kier alpha value is -0.250. The highest BCUT2D eigenvalue weighted by Crippen LogP contribution is 2.40. The molecule has 0 saturated heterocycles. The average Bonchev–Trinajstić information content (AvgIpc) is 2.63. The highest BCUT2D eigenvalue weighted by molar-refractivity contribution is 7.99. The smallest absolute Gasteiger partial charge is 0.274 e. The van der Waals surface area contributed by atoms with Gasteiger partial charge in [-0.2, -0.15) is 8.78 Å². The van der Waals surface area contributed by atoms with Crippen molar-refractivity contribution >= 4 is 68.0 Å². The van der Waals surface area contributed by atoms with Crippen molar-refractivity contribution in [2.24, 2.45) is 0 Å². The molecule has 1 aromatic carbocycles. The Labute approximate surface area is 154 Å². The maximum Gasteiger partial charge on any atom is 0.291 e. The van der Waals surface area contributed by atoms with Crippen LogP contribution in [0.15, 0.2) is 22.3 Å². The van der Waals surface area contributed by atoms with Crippen LogP contribution in [0.3, 0.4) is 0 Å². The second kappa shape index (κ2) is 6.93. The molecule has 12 heteroatoms. The lowest BCUT2D eigenvalue weighted by Gasteiger charge is -2.14. The van der Waals surface area contributed by atoms with Gasteiger partial charge in [-0.3, -0.25) is 4.57 Å². The molecule has 126 valence electrons. The molecule has 2 rings (SSSR count). The summed E-state index contributed by atoms with van der Waals surface area (Å²) < 4.78 is 50.3. The van der Waals surface area contributed by atoms with Gasteiger partial charge in [-0.1, -0.05) is 46.4 Å². The molecule has 1 aromatic heterocycles. The highest BCUT2D eigenvalue weighted by Gasteiger charge is 2.29. The number of rotatable bonds is 4. The lowest BCUT2D eigenvalue weighted by Crippen LogP contribution is -2.09. The molecule has 23 heavy (non-hydrogen) atoms. The minimum absolute atomic E-state index is 0.0120. The van der Waals surface area contributed by atoms with Crippen LogP contribution in [-0.2, 0) is 9.84 Å². The molecule has 0 spiro atoms. The Morgan fingerprint density at radius 3 is 2.13 bits per heavy atom. The first-order valence-electron chi connectivity index (χ1n) is 5.60. The van der Waals surface area contributed by atoms with Crippen LogP contribution in [-0.4, -0.2) is 30.0 Å². The van der Waals surface area contributed by atoms with Gasteiger partial charge in [0.2, 0.25) is 0 Å². The minimum atomic E-state index is -3.91. The molecule has 0 saturated carbocycles. The van der Waals surface area contributed by atoms with E-state index < -0.39 is 25.8 Å². The largest absolute Gasteiger partial charge is 0.291 e. The van der Waals surface area contributed by atoms with Crippen LogP contribution in [0, 0.1) is 0 Å². The number of nitrogens with zero attached hydrogens (tertiary/aromatic N) is 2. The van der Waals surface area contributed by atoms with Gasteiger partial charge in [0, 0.05) is 11.3 Å². The van der Waals surface area contributed by atoms with Crippen LogP contribution in [0.4, 0.5) is 8.78 Å². The molecule has 4 nitrogen and oxygen atoms in total. The van der Waals surface area contributed by atoms with Crippen LogP contribution in [0.1, 0.15) is 0 Å². The van der Waals surface area contributed by atoms with Crippen LogP contribution in [0.5, 0.6) is 0 Å². The van der Waals surface area contributed by atoms with Crippen molar-refractivity contribution in [1.82, 2.24) is 9.55 Å². The first-order chi connectivity index (χ1) is 10.5. The first-order valence-corrected chi connectivity index (χ1v) is 9.88. The van der Waals surface area contributed by atoms with Gasteiger partial charge in [0.1, 0.15) is 0 Å². The third kappa shape index (κ3) is 4.05. The van der Waals surface area contributed by atoms with E-state index in [0.717, 1.165) is 10.8 Å². The fourth-order valence-electron chi connectivity index (χ4n) is 1.78. The van der Waals surface area contributed by atoms with Crippen molar-refractivity contribution in [3.8, 4) is 5.69 Å². The van der Waals surface area contributed by atoms with E-state index in [2.05, 4.69) is 4.98 Å². The molecule has 0 aliphatic heterocycles. The number of thioether (sulfide) groups is 1. The number of hydrogen-bond donors (Lipinski definition) is 0. The molecule has 0 unspecified atom stereocenters. The number of hydrogen-bond acceptors (Lipinski definition) is 4. The Balaban J connectivity index is 2.89. The second-order valence-electron chi connectivity index (χ2n) is 4.19. The van der Waals surface area contributed by atoms with Crippen molar-refractivity contribution in [3.63, 3.8) is 0 Å². The summed E-state index contributed by atoms with van der Waals surface area (Å²) in [7, 11) is -3.91. The Morgan fingerprint density at radius 2 is 1.70 bits per heavy atom. The van der Waals surface area contributed by atoms with Gasteiger partial charge in [-0.25, -0.2) is 13.4 Å². The SMILES string of the molecule is CS(=O)(=O)c1c(Cl)nc(SC(F)F)n1-c1c(Cl)cc(Cl)cc1Cl. The summed E-state index contributed by atoms with van der Waals surface area (Å²) in [6.45, 7) is 0. The highest BCUT2D eigenvalue weighted by atomic mass is 35.5. The number of imidazole rings is 1. The molecule has 0 N–H and O–H groups in total. The summed E-state index contributed by atoms with van der Waals surface area (Å²) in [5, 5.41) is -1.21. The molecule has 0 aliphatic rings. The van der Waals surface area contributed by atoms with Crippen molar-refractivity contribution < 1.29 is 17.2 Å². The van der Waals surface area contributed by atoms with Gasteiger partial charge in [0.25, 0.3) is 5.76 Å². The summed E-state index contributed by atoms with van der Waals surface area (Å²) in [5.74, 6) is -2.86. The third-order valence-electron chi connectivity index (χ3n) is 2.52. The topological polar surface area (TPSA) is 52.0 Å². The van der Waals surface area contributed by atoms with E-state index in [1.54, 1.807) is 0 Å². The van der Waals surface area contributed by atoms with Gasteiger partial charge in [0.05, 0.1) is 15.7 Å². The van der Waals surface area contributed by atoms with Gasteiger partial charge in [-0.05, 0) is 23.9 Å². The zero-order valence-electron chi connectivity index (χ0n) is 11.0. The van der Waals surface area contributed by atoms with E-state index in [9.17, 15) is 17.2 Å². The van der Waals surface area contributed by atoms with Crippen LogP contribution in [0.2, 0.25) is 20.2 Å². The predicted octanol–water partition coefficient (Wildman–Crippen LogP) is 5.20. The van der Waals surface area contributed by atoms with E-state index in [0.29, 0.717) is 0 Å². The molecular formula is C11H6Cl4F2N2O2S2. The summed E-state index contributed by atoms with van der Waals surface area (Å²) >= 11 is 23.8. The second-order valence-corrected chi connectivity index (χ2v) is 8.69. The molecule has 0 radical (unpaired) electrons. The fraction of sp³-hybridized carbons (Fsp3) is 0.182. The average molecular weight is 442 g/mol. The number of aromatic nitrogens is 2. The molecule has 0 aliphatic carbocycles. The Morgan fingerprint density at radius 1 is 1.17 bits per heavy atom. The number of alkyl halides is 2. The lowest BCUT2D eigenvalue weighted by atomic mass is 10.3. The monoisotopic (exact) mass is 440 g/mol. The summed E-state index contributed by atoms with van der Waals surface area (Å²) in [5.41, 5.74) is -0.0549. The molecule has 0 fully saturated rings. The molecule has 1 heterocycles. The predicted molar refractivity (Wildman–Crippen MR) is 88.6 cm³/mol. The standard InChI is InChI=1S/C11H6Cl4F2N2O2S2/c1-23(20,21)9-8(15)18-11(22-10(16)17)19(9)7-5(13)2-4(12)3-6(7)14/h2-3,10H,1H3.